The van der Waals surface area contributed by atoms with Crippen LogP contribution in [0.4, 0.5) is 11.4 Å². The molecule has 3 aromatic rings. The van der Waals surface area contributed by atoms with E-state index in [4.69, 9.17) is 14.2 Å². The number of benzene rings is 3. The number of fused-ring (bicyclic) bond motifs is 1. The number of carbonyl (C=O) groups excluding carboxylic acids is 1. The molecular weight excluding hydrogens is 368 g/mol. The third kappa shape index (κ3) is 4.60. The minimum absolute atomic E-state index is 0.149. The molecule has 6 nitrogen and oxygen atoms in total. The highest BCUT2D eigenvalue weighted by atomic mass is 16.7. The molecule has 0 aromatic heterocycles. The molecule has 0 saturated heterocycles. The van der Waals surface area contributed by atoms with Crippen LogP contribution in [-0.2, 0) is 4.79 Å². The van der Waals surface area contributed by atoms with Crippen molar-refractivity contribution in [2.24, 2.45) is 0 Å². The van der Waals surface area contributed by atoms with Gasteiger partial charge in [-0.1, -0.05) is 17.7 Å². The van der Waals surface area contributed by atoms with E-state index in [2.05, 4.69) is 10.6 Å². The van der Waals surface area contributed by atoms with Gasteiger partial charge in [0.15, 0.2) is 11.5 Å². The highest BCUT2D eigenvalue weighted by Crippen LogP contribution is 2.34. The fourth-order valence-electron chi connectivity index (χ4n) is 2.90. The van der Waals surface area contributed by atoms with Gasteiger partial charge in [-0.25, -0.2) is 0 Å². The fraction of sp³-hybridized carbons (Fsp3) is 0.174. The van der Waals surface area contributed by atoms with E-state index in [1.807, 2.05) is 55.5 Å². The van der Waals surface area contributed by atoms with Crippen molar-refractivity contribution in [3.8, 4) is 23.0 Å². The average molecular weight is 390 g/mol. The highest BCUT2D eigenvalue weighted by Gasteiger charge is 2.17. The number of aryl methyl sites for hydroxylation is 1. The number of anilines is 2. The summed E-state index contributed by atoms with van der Waals surface area (Å²) in [7, 11) is 0. The van der Waals surface area contributed by atoms with Crippen molar-refractivity contribution in [1.29, 1.82) is 0 Å². The maximum absolute atomic E-state index is 12.5. The minimum Gasteiger partial charge on any atom is -0.457 e. The Morgan fingerprint density at radius 3 is 2.24 bits per heavy atom. The molecule has 0 bridgehead atoms. The number of amides is 1. The zero-order chi connectivity index (χ0) is 20.2. The SMILES string of the molecule is Cc1ccc(Oc2ccc(N[C@@H](C)C(=O)Nc3ccc4c(c3)OCO4)cc2)cc1. The van der Waals surface area contributed by atoms with Gasteiger partial charge < -0.3 is 24.8 Å². The first kappa shape index (κ1) is 18.7. The van der Waals surface area contributed by atoms with E-state index >= 15 is 0 Å². The van der Waals surface area contributed by atoms with E-state index in [-0.39, 0.29) is 12.7 Å². The number of carbonyl (C=O) groups is 1. The Kier molecular flexibility index (Phi) is 5.24. The molecule has 0 saturated carbocycles. The summed E-state index contributed by atoms with van der Waals surface area (Å²) >= 11 is 0. The summed E-state index contributed by atoms with van der Waals surface area (Å²) in [5.74, 6) is 2.68. The topological polar surface area (TPSA) is 68.8 Å². The molecule has 2 N–H and O–H groups in total. The van der Waals surface area contributed by atoms with Crippen molar-refractivity contribution in [2.75, 3.05) is 17.4 Å². The summed E-state index contributed by atoms with van der Waals surface area (Å²) in [6.07, 6.45) is 0. The Labute approximate surface area is 169 Å². The van der Waals surface area contributed by atoms with Gasteiger partial charge in [-0.05, 0) is 62.4 Å². The van der Waals surface area contributed by atoms with Gasteiger partial charge in [0.05, 0.1) is 0 Å². The van der Waals surface area contributed by atoms with Crippen LogP contribution in [0.1, 0.15) is 12.5 Å². The normalized spacial score (nSPS) is 12.9. The minimum atomic E-state index is -0.427. The molecule has 0 fully saturated rings. The van der Waals surface area contributed by atoms with E-state index in [0.717, 1.165) is 17.2 Å². The lowest BCUT2D eigenvalue weighted by Crippen LogP contribution is -2.31. The zero-order valence-electron chi connectivity index (χ0n) is 16.3. The van der Waals surface area contributed by atoms with Crippen LogP contribution in [0.3, 0.4) is 0 Å². The van der Waals surface area contributed by atoms with Crippen LogP contribution in [-0.4, -0.2) is 18.7 Å². The second-order valence-electron chi connectivity index (χ2n) is 6.86. The van der Waals surface area contributed by atoms with Crippen molar-refractivity contribution >= 4 is 17.3 Å². The number of nitrogens with one attached hydrogen (secondary N) is 2. The van der Waals surface area contributed by atoms with Crippen LogP contribution in [0.25, 0.3) is 0 Å². The first-order chi connectivity index (χ1) is 14.1. The van der Waals surface area contributed by atoms with Crippen LogP contribution in [0, 0.1) is 6.92 Å². The molecule has 6 heteroatoms. The van der Waals surface area contributed by atoms with Crippen LogP contribution >= 0.6 is 0 Å². The van der Waals surface area contributed by atoms with Gasteiger partial charge in [0.1, 0.15) is 17.5 Å². The molecular formula is C23H22N2O4. The molecule has 1 atom stereocenters. The zero-order valence-corrected chi connectivity index (χ0v) is 16.3. The Balaban J connectivity index is 1.33. The van der Waals surface area contributed by atoms with Crippen LogP contribution in [0.2, 0.25) is 0 Å². The molecule has 148 valence electrons. The predicted molar refractivity (Wildman–Crippen MR) is 112 cm³/mol. The molecule has 3 aromatic carbocycles. The van der Waals surface area contributed by atoms with Crippen molar-refractivity contribution in [2.45, 2.75) is 19.9 Å². The predicted octanol–water partition coefficient (Wildman–Crippen LogP) is 4.96. The first-order valence-electron chi connectivity index (χ1n) is 9.38. The molecule has 29 heavy (non-hydrogen) atoms. The van der Waals surface area contributed by atoms with E-state index in [9.17, 15) is 4.79 Å². The standard InChI is InChI=1S/C23H22N2O4/c1-15-3-8-19(9-4-15)29-20-10-5-17(6-11-20)24-16(2)23(26)25-18-7-12-21-22(13-18)28-14-27-21/h3-13,16,24H,14H2,1-2H3,(H,25,26)/t16-/m0/s1. The molecule has 1 aliphatic rings. The van der Waals surface area contributed by atoms with E-state index in [1.165, 1.54) is 5.56 Å². The van der Waals surface area contributed by atoms with Crippen molar-refractivity contribution in [1.82, 2.24) is 0 Å². The number of hydrogen-bond donors (Lipinski definition) is 2. The number of hydrogen-bond acceptors (Lipinski definition) is 5. The van der Waals surface area contributed by atoms with Crippen LogP contribution < -0.4 is 24.8 Å². The largest absolute Gasteiger partial charge is 0.457 e. The van der Waals surface area contributed by atoms with Gasteiger partial charge in [0, 0.05) is 17.4 Å². The summed E-state index contributed by atoms with van der Waals surface area (Å²) in [6.45, 7) is 4.04. The second-order valence-corrected chi connectivity index (χ2v) is 6.86. The van der Waals surface area contributed by atoms with Gasteiger partial charge in [-0.3, -0.25) is 4.79 Å². The summed E-state index contributed by atoms with van der Waals surface area (Å²) < 4.78 is 16.4. The third-order valence-electron chi connectivity index (χ3n) is 4.53. The summed E-state index contributed by atoms with van der Waals surface area (Å²) in [5.41, 5.74) is 2.68. The lowest BCUT2D eigenvalue weighted by molar-refractivity contribution is -0.116. The van der Waals surface area contributed by atoms with Gasteiger partial charge >= 0.3 is 0 Å². The van der Waals surface area contributed by atoms with Gasteiger partial charge in [-0.15, -0.1) is 0 Å². The summed E-state index contributed by atoms with van der Waals surface area (Å²) in [4.78, 5) is 12.5. The van der Waals surface area contributed by atoms with Crippen molar-refractivity contribution < 1.29 is 19.0 Å². The molecule has 1 heterocycles. The quantitative estimate of drug-likeness (QED) is 0.623. The molecule has 1 aliphatic heterocycles. The smallest absolute Gasteiger partial charge is 0.246 e. The molecule has 0 unspecified atom stereocenters. The maximum atomic E-state index is 12.5. The molecule has 0 radical (unpaired) electrons. The monoisotopic (exact) mass is 390 g/mol. The first-order valence-corrected chi connectivity index (χ1v) is 9.38. The van der Waals surface area contributed by atoms with E-state index < -0.39 is 6.04 Å². The van der Waals surface area contributed by atoms with Gasteiger partial charge in [0.2, 0.25) is 12.7 Å². The van der Waals surface area contributed by atoms with Crippen LogP contribution in [0.15, 0.2) is 66.7 Å². The van der Waals surface area contributed by atoms with E-state index in [0.29, 0.717) is 17.2 Å². The number of rotatable bonds is 6. The van der Waals surface area contributed by atoms with E-state index in [1.54, 1.807) is 25.1 Å². The molecule has 0 aliphatic carbocycles. The summed E-state index contributed by atoms with van der Waals surface area (Å²) in [5, 5.41) is 6.07. The van der Waals surface area contributed by atoms with Crippen molar-refractivity contribution in [3.63, 3.8) is 0 Å². The fourth-order valence-corrected chi connectivity index (χ4v) is 2.90. The Morgan fingerprint density at radius 2 is 1.52 bits per heavy atom. The molecule has 4 rings (SSSR count). The van der Waals surface area contributed by atoms with Crippen LogP contribution in [0.5, 0.6) is 23.0 Å². The molecule has 1 amide bonds. The Bertz CT molecular complexity index is 1000. The van der Waals surface area contributed by atoms with Gasteiger partial charge in [0.25, 0.3) is 0 Å². The lowest BCUT2D eigenvalue weighted by Gasteiger charge is -2.16. The highest BCUT2D eigenvalue weighted by molar-refractivity contribution is 5.96. The lowest BCUT2D eigenvalue weighted by atomic mass is 10.2. The maximum Gasteiger partial charge on any atom is 0.246 e. The Morgan fingerprint density at radius 1 is 0.897 bits per heavy atom. The second kappa shape index (κ2) is 8.14. The average Bonchev–Trinajstić information content (AvgIpc) is 3.19. The number of ether oxygens (including phenoxy) is 3. The Hall–Kier alpha value is -3.67. The summed E-state index contributed by atoms with van der Waals surface area (Å²) in [6, 6.07) is 20.3. The molecule has 0 spiro atoms. The van der Waals surface area contributed by atoms with Gasteiger partial charge in [-0.2, -0.15) is 0 Å². The third-order valence-corrected chi connectivity index (χ3v) is 4.53. The van der Waals surface area contributed by atoms with Crippen molar-refractivity contribution in [3.05, 3.63) is 72.3 Å².